The molecule has 0 radical (unpaired) electrons. The molecule has 1 saturated carbocycles. The van der Waals surface area contributed by atoms with Gasteiger partial charge < -0.3 is 16.4 Å². The van der Waals surface area contributed by atoms with Gasteiger partial charge >= 0.3 is 0 Å². The van der Waals surface area contributed by atoms with Gasteiger partial charge in [-0.25, -0.2) is 0 Å². The SMILES string of the molecule is CNC(=O)c1ccc2c(c1)CCc1cc(C(=O)NC)ccc1C2(C[C@H](N)C1CCCCC1)c1nn[nH]n1. The van der Waals surface area contributed by atoms with Crippen molar-refractivity contribution >= 4 is 11.8 Å². The summed E-state index contributed by atoms with van der Waals surface area (Å²) in [5.74, 6) is 0.720. The average Bonchev–Trinajstić information content (AvgIpc) is 3.45. The van der Waals surface area contributed by atoms with E-state index in [4.69, 9.17) is 5.73 Å². The van der Waals surface area contributed by atoms with Crippen LogP contribution >= 0.6 is 0 Å². The van der Waals surface area contributed by atoms with E-state index in [-0.39, 0.29) is 17.9 Å². The summed E-state index contributed by atoms with van der Waals surface area (Å²) in [6, 6.07) is 11.7. The van der Waals surface area contributed by atoms with Crippen molar-refractivity contribution in [3.8, 4) is 0 Å². The van der Waals surface area contributed by atoms with Gasteiger partial charge in [-0.05, 0) is 84.5 Å². The molecule has 0 bridgehead atoms. The smallest absolute Gasteiger partial charge is 0.251 e. The highest BCUT2D eigenvalue weighted by atomic mass is 16.2. The molecule has 1 fully saturated rings. The highest BCUT2D eigenvalue weighted by Gasteiger charge is 2.46. The first kappa shape index (κ1) is 25.1. The molecular weight excluding hydrogens is 466 g/mol. The minimum absolute atomic E-state index is 0.0742. The number of nitrogens with zero attached hydrogens (tertiary/aromatic N) is 3. The van der Waals surface area contributed by atoms with Crippen molar-refractivity contribution < 1.29 is 9.59 Å². The molecule has 1 aromatic heterocycles. The molecule has 0 spiro atoms. The number of H-pyrrole nitrogens is 1. The minimum Gasteiger partial charge on any atom is -0.355 e. The summed E-state index contributed by atoms with van der Waals surface area (Å²) in [5, 5.41) is 21.1. The summed E-state index contributed by atoms with van der Waals surface area (Å²) >= 11 is 0. The summed E-state index contributed by atoms with van der Waals surface area (Å²) in [5.41, 5.74) is 11.7. The number of aromatic amines is 1. The number of amides is 2. The van der Waals surface area contributed by atoms with Crippen LogP contribution in [-0.2, 0) is 18.3 Å². The number of rotatable bonds is 6. The molecule has 194 valence electrons. The monoisotopic (exact) mass is 501 g/mol. The third kappa shape index (κ3) is 4.52. The van der Waals surface area contributed by atoms with Crippen molar-refractivity contribution in [2.45, 2.75) is 62.8 Å². The number of benzene rings is 2. The summed E-state index contributed by atoms with van der Waals surface area (Å²) in [6.45, 7) is 0. The van der Waals surface area contributed by atoms with Crippen LogP contribution in [0.25, 0.3) is 0 Å². The Morgan fingerprint density at radius 2 is 1.54 bits per heavy atom. The Labute approximate surface area is 217 Å². The lowest BCUT2D eigenvalue weighted by Gasteiger charge is -2.39. The van der Waals surface area contributed by atoms with E-state index < -0.39 is 5.41 Å². The minimum atomic E-state index is -0.770. The lowest BCUT2D eigenvalue weighted by Crippen LogP contribution is -2.43. The van der Waals surface area contributed by atoms with Crippen molar-refractivity contribution in [2.75, 3.05) is 14.1 Å². The molecule has 5 rings (SSSR count). The van der Waals surface area contributed by atoms with E-state index in [9.17, 15) is 9.59 Å². The first-order valence-electron chi connectivity index (χ1n) is 13.2. The molecule has 3 aromatic rings. The van der Waals surface area contributed by atoms with E-state index in [0.29, 0.717) is 42.1 Å². The molecule has 2 aliphatic carbocycles. The Kier molecular flexibility index (Phi) is 7.06. The Morgan fingerprint density at radius 3 is 2.03 bits per heavy atom. The fraction of sp³-hybridized carbons (Fsp3) is 0.464. The molecule has 1 heterocycles. The van der Waals surface area contributed by atoms with Crippen LogP contribution in [0.5, 0.6) is 0 Å². The Morgan fingerprint density at radius 1 is 0.973 bits per heavy atom. The first-order chi connectivity index (χ1) is 18.0. The fourth-order valence-corrected chi connectivity index (χ4v) is 6.40. The maximum Gasteiger partial charge on any atom is 0.251 e. The fourth-order valence-electron chi connectivity index (χ4n) is 6.40. The number of tetrazole rings is 1. The second kappa shape index (κ2) is 10.4. The molecule has 2 aliphatic rings. The molecule has 0 unspecified atom stereocenters. The molecule has 9 nitrogen and oxygen atoms in total. The number of nitrogens with two attached hydrogens (primary N) is 1. The van der Waals surface area contributed by atoms with E-state index >= 15 is 0 Å². The second-order valence-electron chi connectivity index (χ2n) is 10.3. The zero-order chi connectivity index (χ0) is 26.0. The number of carbonyl (C=O) groups excluding carboxylic acids is 2. The van der Waals surface area contributed by atoms with E-state index in [1.54, 1.807) is 14.1 Å². The zero-order valence-electron chi connectivity index (χ0n) is 21.5. The molecule has 9 heteroatoms. The van der Waals surface area contributed by atoms with Gasteiger partial charge in [-0.2, -0.15) is 5.21 Å². The largest absolute Gasteiger partial charge is 0.355 e. The van der Waals surface area contributed by atoms with E-state index in [1.807, 2.05) is 36.4 Å². The summed E-state index contributed by atoms with van der Waals surface area (Å²) in [4.78, 5) is 25.0. The highest BCUT2D eigenvalue weighted by Crippen LogP contribution is 2.48. The van der Waals surface area contributed by atoms with Gasteiger partial charge in [-0.1, -0.05) is 36.6 Å². The van der Waals surface area contributed by atoms with Crippen molar-refractivity contribution in [2.24, 2.45) is 11.7 Å². The summed E-state index contributed by atoms with van der Waals surface area (Å²) in [7, 11) is 3.27. The van der Waals surface area contributed by atoms with Gasteiger partial charge in [0.1, 0.15) is 0 Å². The number of aromatic nitrogens is 4. The molecule has 5 N–H and O–H groups in total. The molecule has 0 aliphatic heterocycles. The molecule has 2 amide bonds. The second-order valence-corrected chi connectivity index (χ2v) is 10.3. The average molecular weight is 502 g/mol. The van der Waals surface area contributed by atoms with Crippen molar-refractivity contribution in [3.05, 3.63) is 75.6 Å². The third-order valence-electron chi connectivity index (χ3n) is 8.30. The zero-order valence-corrected chi connectivity index (χ0v) is 21.5. The van der Waals surface area contributed by atoms with E-state index in [2.05, 4.69) is 31.3 Å². The molecular formula is C28H35N7O2. The number of carbonyl (C=O) groups is 2. The van der Waals surface area contributed by atoms with Gasteiger partial charge in [-0.15, -0.1) is 10.2 Å². The quantitative estimate of drug-likeness (QED) is 0.410. The van der Waals surface area contributed by atoms with Crippen LogP contribution in [0.1, 0.15) is 87.3 Å². The molecule has 1 atom stereocenters. The van der Waals surface area contributed by atoms with Gasteiger partial charge in [-0.3, -0.25) is 9.59 Å². The van der Waals surface area contributed by atoms with Crippen LogP contribution < -0.4 is 16.4 Å². The lowest BCUT2D eigenvalue weighted by atomic mass is 9.65. The maximum absolute atomic E-state index is 12.5. The van der Waals surface area contributed by atoms with E-state index in [1.165, 1.54) is 19.3 Å². The third-order valence-corrected chi connectivity index (χ3v) is 8.30. The van der Waals surface area contributed by atoms with Crippen LogP contribution in [-0.4, -0.2) is 52.6 Å². The predicted molar refractivity (Wildman–Crippen MR) is 140 cm³/mol. The topological polar surface area (TPSA) is 139 Å². The van der Waals surface area contributed by atoms with Gasteiger partial charge in [0.25, 0.3) is 11.8 Å². The number of fused-ring (bicyclic) bond motifs is 2. The van der Waals surface area contributed by atoms with Crippen molar-refractivity contribution in [3.63, 3.8) is 0 Å². The van der Waals surface area contributed by atoms with Crippen molar-refractivity contribution in [1.29, 1.82) is 0 Å². The van der Waals surface area contributed by atoms with Gasteiger partial charge in [0.05, 0.1) is 5.41 Å². The highest BCUT2D eigenvalue weighted by molar-refractivity contribution is 5.95. The maximum atomic E-state index is 12.5. The van der Waals surface area contributed by atoms with Gasteiger partial charge in [0, 0.05) is 31.3 Å². The number of hydrogen-bond donors (Lipinski definition) is 4. The normalized spacial score (nSPS) is 17.7. The predicted octanol–water partition coefficient (Wildman–Crippen LogP) is 2.65. The van der Waals surface area contributed by atoms with Crippen LogP contribution in [0.15, 0.2) is 36.4 Å². The Bertz CT molecular complexity index is 1210. The Balaban J connectivity index is 1.74. The molecule has 37 heavy (non-hydrogen) atoms. The van der Waals surface area contributed by atoms with Crippen LogP contribution in [0.2, 0.25) is 0 Å². The number of hydrogen-bond acceptors (Lipinski definition) is 6. The molecule has 2 aromatic carbocycles. The lowest BCUT2D eigenvalue weighted by molar-refractivity contribution is 0.0955. The summed E-state index contributed by atoms with van der Waals surface area (Å²) in [6.07, 6.45) is 7.93. The van der Waals surface area contributed by atoms with Crippen LogP contribution in [0.3, 0.4) is 0 Å². The van der Waals surface area contributed by atoms with Crippen LogP contribution in [0.4, 0.5) is 0 Å². The first-order valence-corrected chi connectivity index (χ1v) is 13.2. The van der Waals surface area contributed by atoms with Crippen LogP contribution in [0, 0.1) is 5.92 Å². The molecule has 0 saturated heterocycles. The number of nitrogens with one attached hydrogen (secondary N) is 3. The van der Waals surface area contributed by atoms with Gasteiger partial charge in [0.2, 0.25) is 0 Å². The van der Waals surface area contributed by atoms with Gasteiger partial charge in [0.15, 0.2) is 5.82 Å². The summed E-state index contributed by atoms with van der Waals surface area (Å²) < 4.78 is 0. The number of aryl methyl sites for hydroxylation is 2. The van der Waals surface area contributed by atoms with E-state index in [0.717, 1.165) is 35.1 Å². The Hall–Kier alpha value is -3.59. The van der Waals surface area contributed by atoms with Crippen molar-refractivity contribution in [1.82, 2.24) is 31.3 Å². The standard InChI is InChI=1S/C28H35N7O2/c1-30-25(36)20-10-12-22-18(14-20)8-9-19-15-21(26(37)31-2)11-13-23(19)28(22,27-32-34-35-33-27)16-24(29)17-6-4-3-5-7-17/h10-15,17,24H,3-9,16,29H2,1-2H3,(H,30,36)(H,31,37)(H,32,33,34,35)/t24-/m0/s1.